The van der Waals surface area contributed by atoms with E-state index in [1.54, 1.807) is 0 Å². The molecule has 0 aliphatic heterocycles. The Morgan fingerprint density at radius 1 is 1.39 bits per heavy atom. The van der Waals surface area contributed by atoms with Crippen LogP contribution in [0, 0.1) is 0 Å². The topological polar surface area (TPSA) is 61.5 Å². The first-order valence-electron chi connectivity index (χ1n) is 4.96. The number of alkyl halides is 3. The Morgan fingerprint density at radius 3 is 2.61 bits per heavy atom. The van der Waals surface area contributed by atoms with Crippen molar-refractivity contribution in [1.82, 2.24) is 0 Å². The number of carbonyl (C=O) groups excluding carboxylic acids is 1. The standard InChI is InChI=1S/C11H12F3NO3/c1-17-10(16)5-7-2-3-8(15)9(4-7)18-6-11(12,13)14/h2-4H,5-6,15H2,1H3. The van der Waals surface area contributed by atoms with Crippen molar-refractivity contribution in [3.8, 4) is 5.75 Å². The van der Waals surface area contributed by atoms with E-state index in [9.17, 15) is 18.0 Å². The van der Waals surface area contributed by atoms with Gasteiger partial charge in [0.1, 0.15) is 5.75 Å². The normalized spacial score (nSPS) is 11.1. The largest absolute Gasteiger partial charge is 0.482 e. The molecule has 1 rings (SSSR count). The minimum absolute atomic E-state index is 0.0564. The molecule has 0 amide bonds. The summed E-state index contributed by atoms with van der Waals surface area (Å²) in [6.07, 6.45) is -4.50. The number of benzene rings is 1. The lowest BCUT2D eigenvalue weighted by atomic mass is 10.1. The molecule has 1 aromatic carbocycles. The first-order valence-corrected chi connectivity index (χ1v) is 4.96. The highest BCUT2D eigenvalue weighted by molar-refractivity contribution is 5.73. The van der Waals surface area contributed by atoms with Gasteiger partial charge in [-0.2, -0.15) is 13.2 Å². The van der Waals surface area contributed by atoms with Gasteiger partial charge in [0.05, 0.1) is 19.2 Å². The van der Waals surface area contributed by atoms with Gasteiger partial charge in [-0.1, -0.05) is 6.07 Å². The van der Waals surface area contributed by atoms with E-state index in [1.165, 1.54) is 25.3 Å². The number of carbonyl (C=O) groups is 1. The second-order valence-corrected chi connectivity index (χ2v) is 3.53. The Kier molecular flexibility index (Phi) is 4.41. The number of ether oxygens (including phenoxy) is 2. The molecule has 0 aliphatic rings. The fraction of sp³-hybridized carbons (Fsp3) is 0.364. The van der Waals surface area contributed by atoms with Crippen molar-refractivity contribution >= 4 is 11.7 Å². The van der Waals surface area contributed by atoms with Crippen molar-refractivity contribution in [3.63, 3.8) is 0 Å². The molecule has 7 heteroatoms. The molecule has 0 radical (unpaired) electrons. The van der Waals surface area contributed by atoms with Gasteiger partial charge in [0, 0.05) is 0 Å². The van der Waals surface area contributed by atoms with E-state index < -0.39 is 18.8 Å². The third-order valence-corrected chi connectivity index (χ3v) is 2.05. The van der Waals surface area contributed by atoms with Crippen molar-refractivity contribution < 1.29 is 27.4 Å². The molecule has 0 unspecified atom stereocenters. The average Bonchev–Trinajstić information content (AvgIpc) is 2.28. The summed E-state index contributed by atoms with van der Waals surface area (Å²) in [6, 6.07) is 4.19. The summed E-state index contributed by atoms with van der Waals surface area (Å²) in [4.78, 5) is 11.0. The van der Waals surface area contributed by atoms with E-state index in [1.807, 2.05) is 0 Å². The Morgan fingerprint density at radius 2 is 2.06 bits per heavy atom. The number of nitrogens with two attached hydrogens (primary N) is 1. The summed E-state index contributed by atoms with van der Waals surface area (Å²) in [5.41, 5.74) is 6.02. The molecule has 4 nitrogen and oxygen atoms in total. The van der Waals surface area contributed by atoms with Crippen LogP contribution in [0.1, 0.15) is 5.56 Å². The zero-order valence-electron chi connectivity index (χ0n) is 9.58. The zero-order valence-corrected chi connectivity index (χ0v) is 9.58. The maximum Gasteiger partial charge on any atom is 0.422 e. The van der Waals surface area contributed by atoms with Crippen molar-refractivity contribution in [2.75, 3.05) is 19.5 Å². The van der Waals surface area contributed by atoms with Crippen molar-refractivity contribution in [3.05, 3.63) is 23.8 Å². The SMILES string of the molecule is COC(=O)Cc1ccc(N)c(OCC(F)(F)F)c1. The van der Waals surface area contributed by atoms with Crippen LogP contribution < -0.4 is 10.5 Å². The molecule has 0 spiro atoms. The van der Waals surface area contributed by atoms with Crippen LogP contribution in [0.3, 0.4) is 0 Å². The molecule has 100 valence electrons. The maximum atomic E-state index is 12.0. The fourth-order valence-corrected chi connectivity index (χ4v) is 1.21. The van der Waals surface area contributed by atoms with Crippen LogP contribution in [0.15, 0.2) is 18.2 Å². The van der Waals surface area contributed by atoms with Crippen LogP contribution in [0.25, 0.3) is 0 Å². The molecule has 0 fully saturated rings. The number of hydrogen-bond acceptors (Lipinski definition) is 4. The smallest absolute Gasteiger partial charge is 0.422 e. The molecule has 0 aromatic heterocycles. The first kappa shape index (κ1) is 14.1. The van der Waals surface area contributed by atoms with Gasteiger partial charge in [-0.05, 0) is 17.7 Å². The van der Waals surface area contributed by atoms with Crippen LogP contribution in [0.2, 0.25) is 0 Å². The highest BCUT2D eigenvalue weighted by Crippen LogP contribution is 2.25. The summed E-state index contributed by atoms with van der Waals surface area (Å²) in [6.45, 7) is -1.43. The van der Waals surface area contributed by atoms with Crippen LogP contribution in [-0.4, -0.2) is 25.9 Å². The molecule has 0 bridgehead atoms. The van der Waals surface area contributed by atoms with Gasteiger partial charge < -0.3 is 15.2 Å². The Balaban J connectivity index is 2.78. The minimum atomic E-state index is -4.44. The predicted molar refractivity (Wildman–Crippen MR) is 58.1 cm³/mol. The molecule has 2 N–H and O–H groups in total. The van der Waals surface area contributed by atoms with Crippen LogP contribution in [-0.2, 0) is 16.0 Å². The van der Waals surface area contributed by atoms with Crippen molar-refractivity contribution in [2.45, 2.75) is 12.6 Å². The average molecular weight is 263 g/mol. The number of hydrogen-bond donors (Lipinski definition) is 1. The van der Waals surface area contributed by atoms with Gasteiger partial charge in [0.25, 0.3) is 0 Å². The molecule has 0 aliphatic carbocycles. The quantitative estimate of drug-likeness (QED) is 0.666. The molecule has 0 saturated carbocycles. The molecule has 0 saturated heterocycles. The van der Waals surface area contributed by atoms with Gasteiger partial charge in [-0.3, -0.25) is 4.79 Å². The number of halogens is 3. The number of esters is 1. The van der Waals surface area contributed by atoms with E-state index >= 15 is 0 Å². The van der Waals surface area contributed by atoms with Gasteiger partial charge in [-0.15, -0.1) is 0 Å². The molecular weight excluding hydrogens is 251 g/mol. The lowest BCUT2D eigenvalue weighted by molar-refractivity contribution is -0.153. The van der Waals surface area contributed by atoms with Crippen LogP contribution in [0.4, 0.5) is 18.9 Å². The van der Waals surface area contributed by atoms with Gasteiger partial charge >= 0.3 is 12.1 Å². The van der Waals surface area contributed by atoms with Crippen molar-refractivity contribution in [1.29, 1.82) is 0 Å². The number of rotatable bonds is 4. The monoisotopic (exact) mass is 263 g/mol. The summed E-state index contributed by atoms with van der Waals surface area (Å²) in [5, 5.41) is 0. The summed E-state index contributed by atoms with van der Waals surface area (Å²) in [5.74, 6) is -0.602. The van der Waals surface area contributed by atoms with Gasteiger partial charge in [-0.25, -0.2) is 0 Å². The molecule has 18 heavy (non-hydrogen) atoms. The molecule has 0 atom stereocenters. The number of methoxy groups -OCH3 is 1. The third kappa shape index (κ3) is 4.52. The molecular formula is C11H12F3NO3. The van der Waals surface area contributed by atoms with Crippen LogP contribution in [0.5, 0.6) is 5.75 Å². The van der Waals surface area contributed by atoms with E-state index in [-0.39, 0.29) is 17.9 Å². The number of nitrogen functional groups attached to an aromatic ring is 1. The van der Waals surface area contributed by atoms with E-state index in [4.69, 9.17) is 5.73 Å². The van der Waals surface area contributed by atoms with E-state index in [0.29, 0.717) is 5.56 Å². The maximum absolute atomic E-state index is 12.0. The summed E-state index contributed by atoms with van der Waals surface area (Å²) in [7, 11) is 1.22. The highest BCUT2D eigenvalue weighted by atomic mass is 19.4. The first-order chi connectivity index (χ1) is 8.31. The summed E-state index contributed by atoms with van der Waals surface area (Å²) >= 11 is 0. The van der Waals surface area contributed by atoms with E-state index in [0.717, 1.165) is 0 Å². The van der Waals surface area contributed by atoms with Gasteiger partial charge in [0.15, 0.2) is 6.61 Å². The fourth-order valence-electron chi connectivity index (χ4n) is 1.21. The second kappa shape index (κ2) is 5.61. The third-order valence-electron chi connectivity index (χ3n) is 2.05. The highest BCUT2D eigenvalue weighted by Gasteiger charge is 2.28. The predicted octanol–water partition coefficient (Wildman–Crippen LogP) is 1.93. The summed E-state index contributed by atoms with van der Waals surface area (Å²) < 4.78 is 45.0. The Hall–Kier alpha value is -1.92. The molecule has 1 aromatic rings. The number of anilines is 1. The van der Waals surface area contributed by atoms with E-state index in [2.05, 4.69) is 9.47 Å². The molecule has 0 heterocycles. The Labute approximate surface area is 101 Å². The minimum Gasteiger partial charge on any atom is -0.482 e. The van der Waals surface area contributed by atoms with Gasteiger partial charge in [0.2, 0.25) is 0 Å². The second-order valence-electron chi connectivity index (χ2n) is 3.53. The van der Waals surface area contributed by atoms with Crippen LogP contribution >= 0.6 is 0 Å². The zero-order chi connectivity index (χ0) is 13.8. The lowest BCUT2D eigenvalue weighted by Gasteiger charge is -2.12. The Bertz CT molecular complexity index is 432. The lowest BCUT2D eigenvalue weighted by Crippen LogP contribution is -2.19. The van der Waals surface area contributed by atoms with Crippen molar-refractivity contribution in [2.24, 2.45) is 0 Å².